The van der Waals surface area contributed by atoms with Crippen molar-refractivity contribution >= 4 is 42.0 Å². The number of carboxylic acids is 2. The average Bonchev–Trinajstić information content (AvgIpc) is 3.57. The van der Waals surface area contributed by atoms with Crippen molar-refractivity contribution in [2.45, 2.75) is 92.2 Å². The summed E-state index contributed by atoms with van der Waals surface area (Å²) in [7, 11) is 0. The van der Waals surface area contributed by atoms with Crippen molar-refractivity contribution in [3.63, 3.8) is 0 Å². The van der Waals surface area contributed by atoms with Gasteiger partial charge in [-0.3, -0.25) is 24.0 Å². The first kappa shape index (κ1) is 41.8. The number of ether oxygens (including phenoxy) is 1. The van der Waals surface area contributed by atoms with Crippen molar-refractivity contribution in [2.24, 2.45) is 11.3 Å². The highest BCUT2D eigenvalue weighted by Crippen LogP contribution is 2.29. The lowest BCUT2D eigenvalue weighted by Crippen LogP contribution is -2.49. The van der Waals surface area contributed by atoms with Gasteiger partial charge in [0.1, 0.15) is 17.6 Å². The lowest BCUT2D eigenvalue weighted by Gasteiger charge is -2.33. The van der Waals surface area contributed by atoms with Gasteiger partial charge in [0.2, 0.25) is 12.3 Å². The summed E-state index contributed by atoms with van der Waals surface area (Å²) in [5.41, 5.74) is -0.506. The van der Waals surface area contributed by atoms with Gasteiger partial charge in [-0.05, 0) is 64.8 Å². The number of carbonyl (C=O) groups is 7. The number of furan rings is 1. The highest BCUT2D eigenvalue weighted by atomic mass is 16.7. The third-order valence-corrected chi connectivity index (χ3v) is 7.70. The first-order valence-corrected chi connectivity index (χ1v) is 16.7. The SMILES string of the molecule is CCCCCC(C(=O)NCNC(=O)c1ccc(-c2ccc(C(=O)NC(CC(=O)O)C(=O)O)c(OCC)c2)o1)C(CC)N(C=O)OC(=O)C(C)(C)C. The molecule has 5 N–H and O–H groups in total. The Bertz CT molecular complexity index is 1550. The highest BCUT2D eigenvalue weighted by molar-refractivity contribution is 6.00. The quantitative estimate of drug-likeness (QED) is 0.0538. The van der Waals surface area contributed by atoms with E-state index in [0.29, 0.717) is 31.2 Å². The monoisotopic (exact) mass is 716 g/mol. The summed E-state index contributed by atoms with van der Waals surface area (Å²) in [6.07, 6.45) is 2.75. The van der Waals surface area contributed by atoms with Crippen LogP contribution < -0.4 is 20.7 Å². The number of amides is 4. The van der Waals surface area contributed by atoms with Crippen LogP contribution in [0.5, 0.6) is 5.75 Å². The molecule has 2 rings (SSSR count). The van der Waals surface area contributed by atoms with Crippen molar-refractivity contribution < 1.29 is 57.8 Å². The normalized spacial score (nSPS) is 12.8. The molecule has 0 fully saturated rings. The van der Waals surface area contributed by atoms with Gasteiger partial charge in [-0.1, -0.05) is 39.2 Å². The Morgan fingerprint density at radius 2 is 1.67 bits per heavy atom. The molecule has 3 unspecified atom stereocenters. The molecule has 280 valence electrons. The van der Waals surface area contributed by atoms with Gasteiger partial charge in [0.25, 0.3) is 11.8 Å². The second-order valence-electron chi connectivity index (χ2n) is 12.7. The molecule has 1 heterocycles. The van der Waals surface area contributed by atoms with E-state index in [0.717, 1.165) is 17.9 Å². The van der Waals surface area contributed by atoms with Crippen LogP contribution in [0.2, 0.25) is 0 Å². The minimum Gasteiger partial charge on any atom is -0.493 e. The van der Waals surface area contributed by atoms with Crippen molar-refractivity contribution in [3.05, 3.63) is 41.7 Å². The summed E-state index contributed by atoms with van der Waals surface area (Å²) in [4.78, 5) is 91.4. The minimum absolute atomic E-state index is 0.0422. The number of hydrogen-bond acceptors (Lipinski definition) is 10. The topological polar surface area (TPSA) is 231 Å². The first-order valence-electron chi connectivity index (χ1n) is 16.7. The van der Waals surface area contributed by atoms with Crippen molar-refractivity contribution in [3.8, 4) is 17.1 Å². The second-order valence-corrected chi connectivity index (χ2v) is 12.7. The summed E-state index contributed by atoms with van der Waals surface area (Å²) in [6.45, 7) is 10.3. The molecule has 0 spiro atoms. The third-order valence-electron chi connectivity index (χ3n) is 7.70. The molecule has 1 aromatic carbocycles. The van der Waals surface area contributed by atoms with E-state index in [1.807, 2.05) is 6.92 Å². The smallest absolute Gasteiger partial charge is 0.337 e. The Hall–Kier alpha value is -5.41. The Balaban J connectivity index is 2.16. The fraction of sp³-hybridized carbons (Fsp3) is 0.514. The number of nitrogens with one attached hydrogen (secondary N) is 3. The molecule has 2 aromatic rings. The number of nitrogens with zero attached hydrogens (tertiary/aromatic N) is 1. The standard InChI is InChI=1S/C35H48N4O12/c1-7-10-11-12-22(25(8-2)39(20-40)51-34(48)35(4,5)6)30(43)36-19-37-32(45)27-16-15-26(50-27)21-13-14-23(28(17-21)49-9-3)31(44)38-24(33(46)47)18-29(41)42/h13-17,20,22,24-25H,7-12,18-19H2,1-6H3,(H,36,43)(H,37,45)(H,38,44)(H,41,42)(H,46,47). The van der Waals surface area contributed by atoms with Crippen LogP contribution in [-0.2, 0) is 28.8 Å². The molecule has 1 aromatic heterocycles. The number of benzene rings is 1. The van der Waals surface area contributed by atoms with Gasteiger partial charge < -0.3 is 40.2 Å². The van der Waals surface area contributed by atoms with Gasteiger partial charge in [-0.25, -0.2) is 9.59 Å². The molecule has 0 aliphatic carbocycles. The van der Waals surface area contributed by atoms with Gasteiger partial charge in [0.05, 0.1) is 42.6 Å². The molecule has 4 amide bonds. The fourth-order valence-corrected chi connectivity index (χ4v) is 4.95. The maximum absolute atomic E-state index is 13.4. The molecule has 0 saturated carbocycles. The van der Waals surface area contributed by atoms with Crippen molar-refractivity contribution in [2.75, 3.05) is 13.3 Å². The number of unbranched alkanes of at least 4 members (excludes halogenated alkanes) is 2. The molecule has 16 heteroatoms. The summed E-state index contributed by atoms with van der Waals surface area (Å²) in [6, 6.07) is 4.80. The summed E-state index contributed by atoms with van der Waals surface area (Å²) in [5.74, 6) is -6.02. The highest BCUT2D eigenvalue weighted by Gasteiger charge is 2.35. The van der Waals surface area contributed by atoms with Crippen LogP contribution in [0.4, 0.5) is 0 Å². The van der Waals surface area contributed by atoms with Crippen LogP contribution in [0.15, 0.2) is 34.7 Å². The molecule has 0 saturated heterocycles. The lowest BCUT2D eigenvalue weighted by atomic mass is 9.90. The van der Waals surface area contributed by atoms with E-state index in [4.69, 9.17) is 19.1 Å². The molecule has 51 heavy (non-hydrogen) atoms. The molecule has 0 radical (unpaired) electrons. The molecular weight excluding hydrogens is 668 g/mol. The summed E-state index contributed by atoms with van der Waals surface area (Å²) in [5, 5.41) is 26.6. The summed E-state index contributed by atoms with van der Waals surface area (Å²) >= 11 is 0. The van der Waals surface area contributed by atoms with Crippen LogP contribution >= 0.6 is 0 Å². The minimum atomic E-state index is -1.66. The van der Waals surface area contributed by atoms with E-state index in [1.165, 1.54) is 30.3 Å². The number of rotatable bonds is 21. The van der Waals surface area contributed by atoms with E-state index in [-0.39, 0.29) is 36.1 Å². The zero-order valence-corrected chi connectivity index (χ0v) is 29.8. The number of hydroxylamine groups is 2. The van der Waals surface area contributed by atoms with Crippen LogP contribution in [0.25, 0.3) is 11.3 Å². The Kier molecular flexibility index (Phi) is 16.1. The van der Waals surface area contributed by atoms with Gasteiger partial charge in [0.15, 0.2) is 5.76 Å². The van der Waals surface area contributed by atoms with Crippen LogP contribution in [0.1, 0.15) is 101 Å². The van der Waals surface area contributed by atoms with E-state index in [1.54, 1.807) is 34.6 Å². The predicted octanol–water partition coefficient (Wildman–Crippen LogP) is 3.74. The van der Waals surface area contributed by atoms with Crippen LogP contribution in [0.3, 0.4) is 0 Å². The zero-order chi connectivity index (χ0) is 38.3. The number of aliphatic carboxylic acids is 2. The maximum Gasteiger partial charge on any atom is 0.337 e. The third kappa shape index (κ3) is 12.5. The molecular formula is C35H48N4O12. The largest absolute Gasteiger partial charge is 0.493 e. The predicted molar refractivity (Wildman–Crippen MR) is 182 cm³/mol. The molecule has 0 aliphatic rings. The molecule has 3 atom stereocenters. The fourth-order valence-electron chi connectivity index (χ4n) is 4.95. The van der Waals surface area contributed by atoms with Crippen LogP contribution in [-0.4, -0.2) is 82.7 Å². The maximum atomic E-state index is 13.4. The van der Waals surface area contributed by atoms with Gasteiger partial charge in [-0.15, -0.1) is 0 Å². The van der Waals surface area contributed by atoms with Gasteiger partial charge >= 0.3 is 17.9 Å². The van der Waals surface area contributed by atoms with Gasteiger partial charge in [0, 0.05) is 5.56 Å². The van der Waals surface area contributed by atoms with Crippen molar-refractivity contribution in [1.82, 2.24) is 21.0 Å². The zero-order valence-electron chi connectivity index (χ0n) is 29.8. The number of carbonyl (C=O) groups excluding carboxylic acids is 5. The molecule has 0 bridgehead atoms. The molecule has 16 nitrogen and oxygen atoms in total. The Labute approximate surface area is 296 Å². The Morgan fingerprint density at radius 3 is 2.24 bits per heavy atom. The number of hydrogen-bond donors (Lipinski definition) is 5. The average molecular weight is 717 g/mol. The number of carboxylic acid groups (broad SMARTS) is 2. The van der Waals surface area contributed by atoms with Crippen molar-refractivity contribution in [1.29, 1.82) is 0 Å². The van der Waals surface area contributed by atoms with E-state index in [9.17, 15) is 38.7 Å². The van der Waals surface area contributed by atoms with E-state index >= 15 is 0 Å². The van der Waals surface area contributed by atoms with Crippen LogP contribution in [0, 0.1) is 11.3 Å². The second kappa shape index (κ2) is 19.7. The summed E-state index contributed by atoms with van der Waals surface area (Å²) < 4.78 is 11.3. The van der Waals surface area contributed by atoms with E-state index < -0.39 is 65.5 Å². The van der Waals surface area contributed by atoms with Gasteiger partial charge in [-0.2, -0.15) is 5.06 Å². The Morgan fingerprint density at radius 1 is 0.961 bits per heavy atom. The lowest BCUT2D eigenvalue weighted by molar-refractivity contribution is -0.211. The van der Waals surface area contributed by atoms with E-state index in [2.05, 4.69) is 16.0 Å². The molecule has 0 aliphatic heterocycles. The first-order chi connectivity index (χ1) is 24.1.